The molecule has 114 valence electrons. The smallest absolute Gasteiger partial charge is 0.122 e. The van der Waals surface area contributed by atoms with Crippen LogP contribution in [0.25, 0.3) is 10.2 Å². The summed E-state index contributed by atoms with van der Waals surface area (Å²) in [6, 6.07) is 8.39. The van der Waals surface area contributed by atoms with Gasteiger partial charge in [-0.3, -0.25) is 4.90 Å². The van der Waals surface area contributed by atoms with Gasteiger partial charge < -0.3 is 0 Å². The van der Waals surface area contributed by atoms with Gasteiger partial charge in [-0.15, -0.1) is 11.3 Å². The first-order valence-electron chi connectivity index (χ1n) is 7.65. The second-order valence-corrected chi connectivity index (χ2v) is 6.95. The van der Waals surface area contributed by atoms with Crippen LogP contribution in [0.15, 0.2) is 28.9 Å². The molecule has 1 aromatic carbocycles. The third-order valence-corrected chi connectivity index (χ3v) is 5.48. The van der Waals surface area contributed by atoms with Crippen molar-refractivity contribution < 1.29 is 4.63 Å². The van der Waals surface area contributed by atoms with Gasteiger partial charge in [0.05, 0.1) is 15.2 Å². The number of aromatic nitrogens is 3. The summed E-state index contributed by atoms with van der Waals surface area (Å²) >= 11 is 1.83. The number of hydrogen-bond acceptors (Lipinski definition) is 6. The van der Waals surface area contributed by atoms with E-state index in [0.29, 0.717) is 5.92 Å². The maximum Gasteiger partial charge on any atom is 0.122 e. The van der Waals surface area contributed by atoms with Gasteiger partial charge in [-0.1, -0.05) is 22.4 Å². The van der Waals surface area contributed by atoms with Crippen molar-refractivity contribution in [1.82, 2.24) is 20.2 Å². The van der Waals surface area contributed by atoms with Crippen molar-refractivity contribution in [2.45, 2.75) is 32.2 Å². The van der Waals surface area contributed by atoms with Crippen molar-refractivity contribution in [2.75, 3.05) is 13.1 Å². The predicted molar refractivity (Wildman–Crippen MR) is 85.9 cm³/mol. The number of para-hydroxylation sites is 1. The summed E-state index contributed by atoms with van der Waals surface area (Å²) in [5, 5.41) is 9.13. The van der Waals surface area contributed by atoms with Gasteiger partial charge in [0.1, 0.15) is 11.4 Å². The Morgan fingerprint density at radius 1 is 1.32 bits per heavy atom. The lowest BCUT2D eigenvalue weighted by atomic mass is 9.98. The summed E-state index contributed by atoms with van der Waals surface area (Å²) in [4.78, 5) is 7.27. The van der Waals surface area contributed by atoms with Crippen LogP contribution in [0.5, 0.6) is 0 Å². The molecule has 3 heterocycles. The fourth-order valence-electron chi connectivity index (χ4n) is 3.07. The van der Waals surface area contributed by atoms with Crippen LogP contribution in [0.4, 0.5) is 0 Å². The summed E-state index contributed by atoms with van der Waals surface area (Å²) in [6.07, 6.45) is 2.41. The number of thiazole rings is 1. The van der Waals surface area contributed by atoms with Crippen LogP contribution in [0.2, 0.25) is 0 Å². The number of aryl methyl sites for hydroxylation is 1. The number of fused-ring (bicyclic) bond motifs is 1. The molecular weight excluding hydrogens is 296 g/mol. The van der Waals surface area contributed by atoms with Crippen LogP contribution in [0.3, 0.4) is 0 Å². The quantitative estimate of drug-likeness (QED) is 0.742. The van der Waals surface area contributed by atoms with Crippen molar-refractivity contribution in [1.29, 1.82) is 0 Å². The molecule has 1 atom stereocenters. The van der Waals surface area contributed by atoms with E-state index >= 15 is 0 Å². The van der Waals surface area contributed by atoms with Gasteiger partial charge in [-0.25, -0.2) is 9.61 Å². The largest absolute Gasteiger partial charge is 0.297 e. The van der Waals surface area contributed by atoms with E-state index in [-0.39, 0.29) is 0 Å². The fraction of sp³-hybridized carbons (Fsp3) is 0.438. The van der Waals surface area contributed by atoms with E-state index in [2.05, 4.69) is 39.5 Å². The summed E-state index contributed by atoms with van der Waals surface area (Å²) < 4.78 is 6.08. The van der Waals surface area contributed by atoms with Crippen LogP contribution in [0, 0.1) is 6.92 Å². The number of hydrogen-bond donors (Lipinski definition) is 0. The van der Waals surface area contributed by atoms with Crippen molar-refractivity contribution in [3.63, 3.8) is 0 Å². The molecule has 0 aliphatic carbocycles. The number of likely N-dealkylation sites (tertiary alicyclic amines) is 1. The lowest BCUT2D eigenvalue weighted by molar-refractivity contribution is 0.193. The van der Waals surface area contributed by atoms with Gasteiger partial charge in [0.15, 0.2) is 0 Å². The Balaban J connectivity index is 1.51. The molecule has 0 radical (unpaired) electrons. The maximum absolute atomic E-state index is 4.83. The van der Waals surface area contributed by atoms with E-state index in [1.165, 1.54) is 22.5 Å². The van der Waals surface area contributed by atoms with Crippen LogP contribution in [-0.2, 0) is 6.54 Å². The Bertz CT molecular complexity index is 748. The lowest BCUT2D eigenvalue weighted by Crippen LogP contribution is -2.34. The van der Waals surface area contributed by atoms with Crippen LogP contribution >= 0.6 is 11.3 Å². The van der Waals surface area contributed by atoms with E-state index in [0.717, 1.165) is 36.5 Å². The first-order chi connectivity index (χ1) is 10.8. The number of nitrogens with zero attached hydrogens (tertiary/aromatic N) is 4. The molecule has 1 fully saturated rings. The van der Waals surface area contributed by atoms with Crippen molar-refractivity contribution >= 4 is 21.6 Å². The van der Waals surface area contributed by atoms with E-state index in [9.17, 15) is 0 Å². The van der Waals surface area contributed by atoms with Gasteiger partial charge in [0.2, 0.25) is 0 Å². The van der Waals surface area contributed by atoms with Crippen LogP contribution in [0.1, 0.15) is 35.2 Å². The minimum atomic E-state index is 0.520. The molecule has 2 aromatic heterocycles. The average Bonchev–Trinajstić information content (AvgIpc) is 3.14. The van der Waals surface area contributed by atoms with Crippen molar-refractivity contribution in [3.8, 4) is 0 Å². The molecule has 4 rings (SSSR count). The molecule has 0 bridgehead atoms. The summed E-state index contributed by atoms with van der Waals surface area (Å²) in [5.74, 6) is 0.520. The van der Waals surface area contributed by atoms with E-state index < -0.39 is 0 Å². The van der Waals surface area contributed by atoms with Gasteiger partial charge in [-0.2, -0.15) is 0 Å². The highest BCUT2D eigenvalue weighted by Gasteiger charge is 2.25. The molecule has 0 N–H and O–H groups in total. The summed E-state index contributed by atoms with van der Waals surface area (Å²) in [5.41, 5.74) is 2.96. The second-order valence-electron chi connectivity index (χ2n) is 5.89. The average molecular weight is 314 g/mol. The third kappa shape index (κ3) is 2.64. The topological polar surface area (TPSA) is 55.1 Å². The zero-order chi connectivity index (χ0) is 14.9. The lowest BCUT2D eigenvalue weighted by Gasteiger charge is -2.31. The molecule has 1 aliphatic heterocycles. The molecular formula is C16H18N4OS. The van der Waals surface area contributed by atoms with Gasteiger partial charge >= 0.3 is 0 Å². The molecule has 0 amide bonds. The number of piperidine rings is 1. The first kappa shape index (κ1) is 13.8. The molecule has 0 saturated carbocycles. The number of rotatable bonds is 3. The standard InChI is InChI=1S/C16H18N4OS/c1-11-14(19-21-18-11)10-20-8-4-5-12(9-20)16-17-13-6-2-3-7-15(13)22-16/h2-3,6-7,12H,4-5,8-10H2,1H3/t12-/m0/s1. The highest BCUT2D eigenvalue weighted by molar-refractivity contribution is 7.18. The second kappa shape index (κ2) is 5.78. The third-order valence-electron chi connectivity index (χ3n) is 4.28. The number of benzene rings is 1. The molecule has 0 unspecified atom stereocenters. The highest BCUT2D eigenvalue weighted by atomic mass is 32.1. The molecule has 6 heteroatoms. The SMILES string of the molecule is Cc1nonc1CN1CCC[C@H](c2nc3ccccc3s2)C1. The maximum atomic E-state index is 4.83. The predicted octanol–water partition coefficient (Wildman–Crippen LogP) is 3.37. The first-order valence-corrected chi connectivity index (χ1v) is 8.47. The van der Waals surface area contributed by atoms with Crippen molar-refractivity contribution in [2.24, 2.45) is 0 Å². The monoisotopic (exact) mass is 314 g/mol. The summed E-state index contributed by atoms with van der Waals surface area (Å²) in [7, 11) is 0. The molecule has 1 aliphatic rings. The van der Waals surface area contributed by atoms with Gasteiger partial charge in [0, 0.05) is 19.0 Å². The van der Waals surface area contributed by atoms with Gasteiger partial charge in [0.25, 0.3) is 0 Å². The Kier molecular flexibility index (Phi) is 3.63. The Labute approximate surface area is 132 Å². The zero-order valence-electron chi connectivity index (χ0n) is 12.5. The Morgan fingerprint density at radius 3 is 3.05 bits per heavy atom. The molecule has 3 aromatic rings. The molecule has 5 nitrogen and oxygen atoms in total. The van der Waals surface area contributed by atoms with E-state index in [1.54, 1.807) is 0 Å². The van der Waals surface area contributed by atoms with Gasteiger partial charge in [-0.05, 0) is 38.4 Å². The molecule has 0 spiro atoms. The van der Waals surface area contributed by atoms with E-state index in [1.807, 2.05) is 18.3 Å². The molecule has 22 heavy (non-hydrogen) atoms. The zero-order valence-corrected chi connectivity index (χ0v) is 13.3. The van der Waals surface area contributed by atoms with Crippen molar-refractivity contribution in [3.05, 3.63) is 40.7 Å². The summed E-state index contributed by atoms with van der Waals surface area (Å²) in [6.45, 7) is 4.90. The highest BCUT2D eigenvalue weighted by Crippen LogP contribution is 2.33. The fourth-order valence-corrected chi connectivity index (χ4v) is 4.16. The Morgan fingerprint density at radius 2 is 2.23 bits per heavy atom. The normalized spacial score (nSPS) is 19.8. The minimum absolute atomic E-state index is 0.520. The Hall–Kier alpha value is -1.79. The van der Waals surface area contributed by atoms with Crippen LogP contribution in [-0.4, -0.2) is 33.3 Å². The molecule has 1 saturated heterocycles. The van der Waals surface area contributed by atoms with Crippen LogP contribution < -0.4 is 0 Å². The minimum Gasteiger partial charge on any atom is -0.297 e. The van der Waals surface area contributed by atoms with E-state index in [4.69, 9.17) is 9.61 Å².